The van der Waals surface area contributed by atoms with Crippen molar-refractivity contribution >= 4 is 27.8 Å². The Labute approximate surface area is 123 Å². The number of rotatable bonds is 6. The van der Waals surface area contributed by atoms with Gasteiger partial charge >= 0.3 is 0 Å². The summed E-state index contributed by atoms with van der Waals surface area (Å²) < 4.78 is 0. The molecule has 0 aromatic carbocycles. The van der Waals surface area contributed by atoms with Crippen molar-refractivity contribution in [3.05, 3.63) is 33.5 Å². The molecule has 0 fully saturated rings. The van der Waals surface area contributed by atoms with Gasteiger partial charge in [0, 0.05) is 35.8 Å². The maximum Gasteiger partial charge on any atom is 0.185 e. The highest BCUT2D eigenvalue weighted by Crippen LogP contribution is 2.25. The van der Waals surface area contributed by atoms with E-state index in [2.05, 4.69) is 54.0 Å². The first-order chi connectivity index (χ1) is 9.11. The zero-order chi connectivity index (χ0) is 13.8. The molecule has 0 spiro atoms. The van der Waals surface area contributed by atoms with Crippen LogP contribution in [-0.4, -0.2) is 25.1 Å². The van der Waals surface area contributed by atoms with Gasteiger partial charge in [0.25, 0.3) is 0 Å². The first-order valence-electron chi connectivity index (χ1n) is 6.49. The fourth-order valence-corrected chi connectivity index (χ4v) is 3.64. The molecule has 1 N–H and O–H groups in total. The van der Waals surface area contributed by atoms with Crippen molar-refractivity contribution in [2.75, 3.05) is 19.0 Å². The van der Waals surface area contributed by atoms with E-state index in [0.717, 1.165) is 17.2 Å². The fourth-order valence-electron chi connectivity index (χ4n) is 1.83. The Bertz CT molecular complexity index is 493. The summed E-state index contributed by atoms with van der Waals surface area (Å²) in [4.78, 5) is 8.42. The van der Waals surface area contributed by atoms with Gasteiger partial charge in [0.15, 0.2) is 5.13 Å². The van der Waals surface area contributed by atoms with E-state index in [-0.39, 0.29) is 0 Å². The van der Waals surface area contributed by atoms with Crippen LogP contribution in [0.5, 0.6) is 0 Å². The molecule has 104 valence electrons. The normalized spacial score (nSPS) is 14.3. The second-order valence-electron chi connectivity index (χ2n) is 4.81. The Hall–Kier alpha value is -0.910. The molecule has 0 bridgehead atoms. The SMILES string of the molecule is CNC(C)c1csc(N(C)C(C)Cc2cccs2)n1. The average molecular weight is 295 g/mol. The van der Waals surface area contributed by atoms with Gasteiger partial charge in [-0.25, -0.2) is 4.98 Å². The van der Waals surface area contributed by atoms with Gasteiger partial charge in [0.1, 0.15) is 0 Å². The highest BCUT2D eigenvalue weighted by Gasteiger charge is 2.16. The minimum absolute atomic E-state index is 0.311. The van der Waals surface area contributed by atoms with Crippen LogP contribution in [0.3, 0.4) is 0 Å². The van der Waals surface area contributed by atoms with Crippen LogP contribution in [0.25, 0.3) is 0 Å². The number of thiazole rings is 1. The number of nitrogens with zero attached hydrogens (tertiary/aromatic N) is 2. The maximum atomic E-state index is 4.72. The summed E-state index contributed by atoms with van der Waals surface area (Å²) in [5, 5.41) is 8.61. The van der Waals surface area contributed by atoms with E-state index < -0.39 is 0 Å². The predicted molar refractivity (Wildman–Crippen MR) is 85.5 cm³/mol. The molecular formula is C14H21N3S2. The lowest BCUT2D eigenvalue weighted by molar-refractivity contribution is 0.632. The Morgan fingerprint density at radius 2 is 2.16 bits per heavy atom. The lowest BCUT2D eigenvalue weighted by Gasteiger charge is -2.23. The summed E-state index contributed by atoms with van der Waals surface area (Å²) in [6.45, 7) is 4.39. The van der Waals surface area contributed by atoms with Crippen molar-refractivity contribution in [2.45, 2.75) is 32.4 Å². The standard InChI is InChI=1S/C14H21N3S2/c1-10(8-12-6-5-7-18-12)17(4)14-16-13(9-19-14)11(2)15-3/h5-7,9-11,15H,8H2,1-4H3. The monoisotopic (exact) mass is 295 g/mol. The first kappa shape index (κ1) is 14.5. The Morgan fingerprint density at radius 1 is 1.37 bits per heavy atom. The fraction of sp³-hybridized carbons (Fsp3) is 0.500. The van der Waals surface area contributed by atoms with Crippen molar-refractivity contribution in [3.8, 4) is 0 Å². The minimum Gasteiger partial charge on any atom is -0.348 e. The van der Waals surface area contributed by atoms with Gasteiger partial charge in [-0.2, -0.15) is 0 Å². The van der Waals surface area contributed by atoms with Crippen LogP contribution >= 0.6 is 22.7 Å². The minimum atomic E-state index is 0.311. The molecule has 2 aromatic heterocycles. The highest BCUT2D eigenvalue weighted by molar-refractivity contribution is 7.13. The second-order valence-corrected chi connectivity index (χ2v) is 6.68. The number of anilines is 1. The summed E-state index contributed by atoms with van der Waals surface area (Å²) in [5.74, 6) is 0. The molecule has 0 amide bonds. The van der Waals surface area contributed by atoms with Crippen molar-refractivity contribution < 1.29 is 0 Å². The number of hydrogen-bond donors (Lipinski definition) is 1. The van der Waals surface area contributed by atoms with Gasteiger partial charge in [-0.15, -0.1) is 22.7 Å². The highest BCUT2D eigenvalue weighted by atomic mass is 32.1. The molecule has 0 aliphatic carbocycles. The van der Waals surface area contributed by atoms with Gasteiger partial charge in [-0.3, -0.25) is 0 Å². The summed E-state index contributed by atoms with van der Waals surface area (Å²) in [7, 11) is 4.09. The predicted octanol–water partition coefficient (Wildman–Crippen LogP) is 3.55. The van der Waals surface area contributed by atoms with Gasteiger partial charge in [-0.05, 0) is 32.3 Å². The third-order valence-electron chi connectivity index (χ3n) is 3.43. The number of aromatic nitrogens is 1. The van der Waals surface area contributed by atoms with Crippen molar-refractivity contribution in [2.24, 2.45) is 0 Å². The molecule has 2 rings (SSSR count). The first-order valence-corrected chi connectivity index (χ1v) is 8.25. The molecule has 0 radical (unpaired) electrons. The average Bonchev–Trinajstić information content (AvgIpc) is 3.07. The van der Waals surface area contributed by atoms with E-state index in [0.29, 0.717) is 12.1 Å². The quantitative estimate of drug-likeness (QED) is 0.883. The van der Waals surface area contributed by atoms with E-state index in [1.54, 1.807) is 11.3 Å². The van der Waals surface area contributed by atoms with Crippen LogP contribution in [0, 0.1) is 0 Å². The molecule has 5 heteroatoms. The van der Waals surface area contributed by atoms with E-state index in [9.17, 15) is 0 Å². The number of likely N-dealkylation sites (N-methyl/N-ethyl adjacent to an activating group) is 1. The summed E-state index contributed by atoms with van der Waals surface area (Å²) >= 11 is 3.54. The van der Waals surface area contributed by atoms with E-state index >= 15 is 0 Å². The van der Waals surface area contributed by atoms with Crippen LogP contribution in [0.15, 0.2) is 22.9 Å². The smallest absolute Gasteiger partial charge is 0.185 e. The van der Waals surface area contributed by atoms with E-state index in [1.165, 1.54) is 4.88 Å². The number of nitrogens with one attached hydrogen (secondary N) is 1. The molecule has 0 saturated heterocycles. The molecule has 19 heavy (non-hydrogen) atoms. The van der Waals surface area contributed by atoms with Crippen LogP contribution < -0.4 is 10.2 Å². The third kappa shape index (κ3) is 3.55. The second kappa shape index (κ2) is 6.50. The molecule has 0 saturated carbocycles. The number of thiophene rings is 1. The topological polar surface area (TPSA) is 28.2 Å². The molecule has 2 atom stereocenters. The van der Waals surface area contributed by atoms with Gasteiger partial charge in [-0.1, -0.05) is 6.07 Å². The van der Waals surface area contributed by atoms with Gasteiger partial charge in [0.05, 0.1) is 5.69 Å². The van der Waals surface area contributed by atoms with Gasteiger partial charge in [0.2, 0.25) is 0 Å². The Balaban J connectivity index is 2.02. The van der Waals surface area contributed by atoms with Crippen molar-refractivity contribution in [3.63, 3.8) is 0 Å². The molecule has 0 aliphatic heterocycles. The molecule has 2 heterocycles. The summed E-state index contributed by atoms with van der Waals surface area (Å²) in [5.41, 5.74) is 1.12. The molecule has 2 aromatic rings. The summed E-state index contributed by atoms with van der Waals surface area (Å²) in [6, 6.07) is 5.09. The zero-order valence-electron chi connectivity index (χ0n) is 11.9. The lowest BCUT2D eigenvalue weighted by atomic mass is 10.2. The summed E-state index contributed by atoms with van der Waals surface area (Å²) in [6.07, 6.45) is 1.07. The molecule has 3 nitrogen and oxygen atoms in total. The molecular weight excluding hydrogens is 274 g/mol. The molecule has 2 unspecified atom stereocenters. The zero-order valence-corrected chi connectivity index (χ0v) is 13.5. The van der Waals surface area contributed by atoms with E-state index in [1.807, 2.05) is 18.4 Å². The largest absolute Gasteiger partial charge is 0.348 e. The van der Waals surface area contributed by atoms with Crippen LogP contribution in [0.2, 0.25) is 0 Å². The van der Waals surface area contributed by atoms with Crippen molar-refractivity contribution in [1.29, 1.82) is 0 Å². The lowest BCUT2D eigenvalue weighted by Crippen LogP contribution is -2.30. The Kier molecular flexibility index (Phi) is 4.96. The van der Waals surface area contributed by atoms with Crippen molar-refractivity contribution in [1.82, 2.24) is 10.3 Å². The van der Waals surface area contributed by atoms with E-state index in [4.69, 9.17) is 4.98 Å². The Morgan fingerprint density at radius 3 is 2.79 bits per heavy atom. The third-order valence-corrected chi connectivity index (χ3v) is 5.27. The van der Waals surface area contributed by atoms with Crippen LogP contribution in [-0.2, 0) is 6.42 Å². The number of hydrogen-bond acceptors (Lipinski definition) is 5. The van der Waals surface area contributed by atoms with Gasteiger partial charge < -0.3 is 10.2 Å². The molecule has 0 aliphatic rings. The maximum absolute atomic E-state index is 4.72. The van der Waals surface area contributed by atoms with Crippen LogP contribution in [0.1, 0.15) is 30.5 Å². The van der Waals surface area contributed by atoms with Crippen LogP contribution in [0.4, 0.5) is 5.13 Å².